The van der Waals surface area contributed by atoms with Gasteiger partial charge in [0.25, 0.3) is 5.95 Å². The lowest BCUT2D eigenvalue weighted by molar-refractivity contribution is -0.118. The Labute approximate surface area is 131 Å². The number of nitrogens with zero attached hydrogens (tertiary/aromatic N) is 3. The molecule has 0 unspecified atom stereocenters. The zero-order valence-electron chi connectivity index (χ0n) is 13.4. The molecule has 0 fully saturated rings. The molecule has 1 aromatic heterocycles. The van der Waals surface area contributed by atoms with E-state index in [1.54, 1.807) is 4.90 Å². The number of hydrogen-bond donors (Lipinski definition) is 1. The lowest BCUT2D eigenvalue weighted by Crippen LogP contribution is -2.31. The Morgan fingerprint density at radius 3 is 2.59 bits per heavy atom. The summed E-state index contributed by atoms with van der Waals surface area (Å²) in [5.41, 5.74) is 1.08. The number of nitrogens with one attached hydrogen (secondary N) is 1. The van der Waals surface area contributed by atoms with Crippen LogP contribution in [0.1, 0.15) is 50.4 Å². The fourth-order valence-corrected chi connectivity index (χ4v) is 2.33. The maximum atomic E-state index is 12.6. The van der Waals surface area contributed by atoms with Crippen LogP contribution in [0.3, 0.4) is 0 Å². The van der Waals surface area contributed by atoms with Gasteiger partial charge in [0.2, 0.25) is 5.91 Å². The Bertz CT molecular complexity index is 579. The molecule has 118 valence electrons. The second-order valence-electron chi connectivity index (χ2n) is 5.50. The molecule has 1 aromatic carbocycles. The zero-order valence-corrected chi connectivity index (χ0v) is 13.4. The fourth-order valence-electron chi connectivity index (χ4n) is 2.33. The highest BCUT2D eigenvalue weighted by atomic mass is 16.2. The topological polar surface area (TPSA) is 61.9 Å². The standard InChI is InChI=1S/C17H24N4O/c1-3-4-5-9-12-16(22)21(17-18-14(2)19-20-17)13-15-10-7-6-8-11-15/h6-8,10-11H,3-5,9,12-13H2,1-2H3,(H,18,19,20). The minimum Gasteiger partial charge on any atom is -0.275 e. The van der Waals surface area contributed by atoms with Gasteiger partial charge in [-0.25, -0.2) is 0 Å². The molecule has 2 aromatic rings. The SMILES string of the molecule is CCCCCCC(=O)N(Cc1ccccc1)c1n[nH]c(C)n1. The molecule has 5 nitrogen and oxygen atoms in total. The lowest BCUT2D eigenvalue weighted by atomic mass is 10.1. The smallest absolute Gasteiger partial charge is 0.251 e. The average Bonchev–Trinajstić information content (AvgIpc) is 2.96. The number of aromatic amines is 1. The summed E-state index contributed by atoms with van der Waals surface area (Å²) in [5, 5.41) is 6.96. The van der Waals surface area contributed by atoms with Gasteiger partial charge < -0.3 is 0 Å². The second kappa shape index (κ2) is 8.32. The largest absolute Gasteiger partial charge is 0.275 e. The van der Waals surface area contributed by atoms with Crippen LogP contribution < -0.4 is 4.90 Å². The third-order valence-corrected chi connectivity index (χ3v) is 3.56. The number of hydrogen-bond acceptors (Lipinski definition) is 3. The minimum absolute atomic E-state index is 0.0824. The first kappa shape index (κ1) is 16.2. The predicted molar refractivity (Wildman–Crippen MR) is 87.5 cm³/mol. The summed E-state index contributed by atoms with van der Waals surface area (Å²) in [5.74, 6) is 1.26. The number of H-pyrrole nitrogens is 1. The highest BCUT2D eigenvalue weighted by Crippen LogP contribution is 2.15. The van der Waals surface area contributed by atoms with Gasteiger partial charge in [-0.2, -0.15) is 4.98 Å². The molecule has 0 aliphatic carbocycles. The Kier molecular flexibility index (Phi) is 6.13. The molecule has 1 heterocycles. The molecule has 0 radical (unpaired) electrons. The van der Waals surface area contributed by atoms with E-state index in [2.05, 4.69) is 22.1 Å². The third kappa shape index (κ3) is 4.69. The summed E-state index contributed by atoms with van der Waals surface area (Å²) < 4.78 is 0. The van der Waals surface area contributed by atoms with Gasteiger partial charge in [-0.3, -0.25) is 14.8 Å². The first-order valence-corrected chi connectivity index (χ1v) is 7.94. The van der Waals surface area contributed by atoms with Crippen LogP contribution in [0.25, 0.3) is 0 Å². The number of carbonyl (C=O) groups is 1. The number of carbonyl (C=O) groups excluding carboxylic acids is 1. The van der Waals surface area contributed by atoms with Crippen molar-refractivity contribution in [2.45, 2.75) is 52.5 Å². The van der Waals surface area contributed by atoms with Gasteiger partial charge in [0.15, 0.2) is 0 Å². The van der Waals surface area contributed by atoms with Crippen molar-refractivity contribution in [3.8, 4) is 0 Å². The molecule has 0 saturated heterocycles. The van der Waals surface area contributed by atoms with Crippen molar-refractivity contribution >= 4 is 11.9 Å². The molecular formula is C17H24N4O. The summed E-state index contributed by atoms with van der Waals surface area (Å²) in [6, 6.07) is 9.94. The molecular weight excluding hydrogens is 276 g/mol. The van der Waals surface area contributed by atoms with Crippen molar-refractivity contribution in [2.24, 2.45) is 0 Å². The fraction of sp³-hybridized carbons (Fsp3) is 0.471. The van der Waals surface area contributed by atoms with Crippen molar-refractivity contribution in [2.75, 3.05) is 4.90 Å². The number of amides is 1. The van der Waals surface area contributed by atoms with Gasteiger partial charge in [-0.15, -0.1) is 5.10 Å². The maximum Gasteiger partial charge on any atom is 0.251 e. The molecule has 22 heavy (non-hydrogen) atoms. The zero-order chi connectivity index (χ0) is 15.8. The Morgan fingerprint density at radius 1 is 1.18 bits per heavy atom. The number of benzene rings is 1. The van der Waals surface area contributed by atoms with E-state index >= 15 is 0 Å². The molecule has 0 aliphatic heterocycles. The van der Waals surface area contributed by atoms with Gasteiger partial charge in [0.05, 0.1) is 6.54 Å². The molecule has 1 N–H and O–H groups in total. The van der Waals surface area contributed by atoms with Crippen molar-refractivity contribution in [3.05, 3.63) is 41.7 Å². The van der Waals surface area contributed by atoms with E-state index in [-0.39, 0.29) is 5.91 Å². The second-order valence-corrected chi connectivity index (χ2v) is 5.50. The molecule has 1 amide bonds. The molecule has 0 spiro atoms. The van der Waals surface area contributed by atoms with Gasteiger partial charge in [-0.05, 0) is 18.9 Å². The van der Waals surface area contributed by atoms with Crippen molar-refractivity contribution in [1.29, 1.82) is 0 Å². The summed E-state index contributed by atoms with van der Waals surface area (Å²) in [6.45, 7) is 4.51. The minimum atomic E-state index is 0.0824. The molecule has 5 heteroatoms. The van der Waals surface area contributed by atoms with Crippen LogP contribution in [0.2, 0.25) is 0 Å². The number of rotatable bonds is 8. The Hall–Kier alpha value is -2.17. The summed E-state index contributed by atoms with van der Waals surface area (Å²) >= 11 is 0. The number of anilines is 1. The number of aromatic nitrogens is 3. The molecule has 2 rings (SSSR count). The third-order valence-electron chi connectivity index (χ3n) is 3.56. The van der Waals surface area contributed by atoms with Gasteiger partial charge >= 0.3 is 0 Å². The number of aryl methyl sites for hydroxylation is 1. The van der Waals surface area contributed by atoms with Crippen LogP contribution in [-0.2, 0) is 11.3 Å². The van der Waals surface area contributed by atoms with Crippen molar-refractivity contribution in [3.63, 3.8) is 0 Å². The molecule has 0 saturated carbocycles. The van der Waals surface area contributed by atoms with Gasteiger partial charge in [-0.1, -0.05) is 56.5 Å². The van der Waals surface area contributed by atoms with Crippen LogP contribution in [0.15, 0.2) is 30.3 Å². The Balaban J connectivity index is 2.06. The summed E-state index contributed by atoms with van der Waals surface area (Å²) in [6.07, 6.45) is 4.89. The highest BCUT2D eigenvalue weighted by molar-refractivity contribution is 5.91. The highest BCUT2D eigenvalue weighted by Gasteiger charge is 2.19. The predicted octanol–water partition coefficient (Wildman–Crippen LogP) is 3.62. The first-order valence-electron chi connectivity index (χ1n) is 7.94. The molecule has 0 atom stereocenters. The van der Waals surface area contributed by atoms with Crippen molar-refractivity contribution < 1.29 is 4.79 Å². The average molecular weight is 300 g/mol. The van der Waals surface area contributed by atoms with Crippen LogP contribution in [-0.4, -0.2) is 21.1 Å². The van der Waals surface area contributed by atoms with E-state index in [1.807, 2.05) is 37.3 Å². The van der Waals surface area contributed by atoms with E-state index in [0.29, 0.717) is 24.7 Å². The van der Waals surface area contributed by atoms with Crippen LogP contribution in [0, 0.1) is 6.92 Å². The van der Waals surface area contributed by atoms with Crippen LogP contribution in [0.5, 0.6) is 0 Å². The van der Waals surface area contributed by atoms with Gasteiger partial charge in [0.1, 0.15) is 5.82 Å². The first-order chi connectivity index (χ1) is 10.7. The lowest BCUT2D eigenvalue weighted by Gasteiger charge is -2.19. The maximum absolute atomic E-state index is 12.6. The molecule has 0 bridgehead atoms. The molecule has 0 aliphatic rings. The van der Waals surface area contributed by atoms with Crippen LogP contribution in [0.4, 0.5) is 5.95 Å². The van der Waals surface area contributed by atoms with Crippen LogP contribution >= 0.6 is 0 Å². The Morgan fingerprint density at radius 2 is 1.95 bits per heavy atom. The van der Waals surface area contributed by atoms with E-state index in [1.165, 1.54) is 12.8 Å². The monoisotopic (exact) mass is 300 g/mol. The summed E-state index contributed by atoms with van der Waals surface area (Å²) in [7, 11) is 0. The summed E-state index contributed by atoms with van der Waals surface area (Å²) in [4.78, 5) is 18.5. The van der Waals surface area contributed by atoms with Crippen molar-refractivity contribution in [1.82, 2.24) is 15.2 Å². The normalized spacial score (nSPS) is 10.6. The van der Waals surface area contributed by atoms with E-state index in [9.17, 15) is 4.79 Å². The van der Waals surface area contributed by atoms with E-state index in [4.69, 9.17) is 0 Å². The van der Waals surface area contributed by atoms with Gasteiger partial charge in [0, 0.05) is 6.42 Å². The van der Waals surface area contributed by atoms with E-state index in [0.717, 1.165) is 18.4 Å². The quantitative estimate of drug-likeness (QED) is 0.757. The number of unbranched alkanes of at least 4 members (excludes halogenated alkanes) is 3. The van der Waals surface area contributed by atoms with E-state index < -0.39 is 0 Å².